The topological polar surface area (TPSA) is 179 Å². The summed E-state index contributed by atoms with van der Waals surface area (Å²) >= 11 is 0. The number of rotatable bonds is 10. The van der Waals surface area contributed by atoms with Gasteiger partial charge in [-0.3, -0.25) is 0 Å². The summed E-state index contributed by atoms with van der Waals surface area (Å²) in [6, 6.07) is 0. The summed E-state index contributed by atoms with van der Waals surface area (Å²) in [4.78, 5) is 0. The monoisotopic (exact) mass is 464 g/mol. The Hall–Kier alpha value is -0.960. The normalized spacial score (nSPS) is 40.7. The average Bonchev–Trinajstić information content (AvgIpc) is 2.78. The van der Waals surface area contributed by atoms with Gasteiger partial charge >= 0.3 is 0 Å². The zero-order valence-corrected chi connectivity index (χ0v) is 18.4. The molecule has 2 aliphatic heterocycles. The van der Waals surface area contributed by atoms with E-state index in [1.54, 1.807) is 13.8 Å². The van der Waals surface area contributed by atoms with E-state index in [9.17, 15) is 30.6 Å². The first-order chi connectivity index (χ1) is 15.0. The molecule has 2 heterocycles. The Labute approximate surface area is 187 Å². The van der Waals surface area contributed by atoms with Crippen molar-refractivity contribution in [3.8, 4) is 0 Å². The maximum absolute atomic E-state index is 10.4. The molecule has 0 aromatic heterocycles. The summed E-state index contributed by atoms with van der Waals surface area (Å²) in [6.07, 6.45) is -8.30. The Morgan fingerprint density at radius 1 is 1.03 bits per heavy atom. The lowest BCUT2D eigenvalue weighted by Gasteiger charge is -2.43. The lowest BCUT2D eigenvalue weighted by molar-refractivity contribution is -0.333. The largest absolute Gasteiger partial charge is 0.392 e. The highest BCUT2D eigenvalue weighted by molar-refractivity contribution is 5.02. The van der Waals surface area contributed by atoms with Crippen LogP contribution in [0, 0.1) is 0 Å². The van der Waals surface area contributed by atoms with Crippen LogP contribution in [0.4, 0.5) is 0 Å². The standard InChI is InChI=1S/C21H36O11/c1-4-21(3,7-5-6-11(2)8-22)32-20-18(28)16(26)15(25)13(31-20)10-30-19-17(27)14(24)12(23)9-29-19/h4,6,12-20,22-28H,1,5,7-10H2,2-3H3/b11-6+. The van der Waals surface area contributed by atoms with Crippen LogP contribution in [0.3, 0.4) is 0 Å². The zero-order valence-electron chi connectivity index (χ0n) is 18.4. The second-order valence-corrected chi connectivity index (χ2v) is 8.48. The van der Waals surface area contributed by atoms with E-state index in [0.717, 1.165) is 5.57 Å². The fourth-order valence-electron chi connectivity index (χ4n) is 3.41. The SMILES string of the molecule is C=CC(C)(CC/C=C(\C)CO)OC1OC(COC2OCC(O)C(O)C2O)C(O)C(O)C1O. The second-order valence-electron chi connectivity index (χ2n) is 8.48. The minimum atomic E-state index is -1.60. The summed E-state index contributed by atoms with van der Waals surface area (Å²) in [7, 11) is 0. The van der Waals surface area contributed by atoms with Crippen LogP contribution in [0.5, 0.6) is 0 Å². The Balaban J connectivity index is 2.00. The van der Waals surface area contributed by atoms with Gasteiger partial charge in [0, 0.05) is 0 Å². The van der Waals surface area contributed by atoms with Crippen molar-refractivity contribution in [1.82, 2.24) is 0 Å². The van der Waals surface area contributed by atoms with Gasteiger partial charge in [0.1, 0.15) is 42.7 Å². The molecule has 186 valence electrons. The molecule has 11 nitrogen and oxygen atoms in total. The molecule has 10 unspecified atom stereocenters. The summed E-state index contributed by atoms with van der Waals surface area (Å²) in [5, 5.41) is 69.2. The smallest absolute Gasteiger partial charge is 0.187 e. The van der Waals surface area contributed by atoms with Gasteiger partial charge in [-0.15, -0.1) is 6.58 Å². The number of hydrogen-bond donors (Lipinski definition) is 7. The molecule has 2 rings (SSSR count). The summed E-state index contributed by atoms with van der Waals surface area (Å²) in [5.74, 6) is 0. The van der Waals surface area contributed by atoms with E-state index in [-0.39, 0.29) is 19.8 Å². The van der Waals surface area contributed by atoms with Gasteiger partial charge in [-0.1, -0.05) is 17.7 Å². The van der Waals surface area contributed by atoms with Crippen molar-refractivity contribution >= 4 is 0 Å². The second kappa shape index (κ2) is 12.0. The quantitative estimate of drug-likeness (QED) is 0.177. The molecule has 0 radical (unpaired) electrons. The van der Waals surface area contributed by atoms with E-state index in [1.807, 2.05) is 6.08 Å². The molecule has 11 heteroatoms. The Morgan fingerprint density at radius 3 is 2.31 bits per heavy atom. The third-order valence-electron chi connectivity index (χ3n) is 5.75. The molecule has 10 atom stereocenters. The molecule has 0 aromatic carbocycles. The van der Waals surface area contributed by atoms with Gasteiger partial charge in [-0.25, -0.2) is 0 Å². The molecule has 0 amide bonds. The van der Waals surface area contributed by atoms with E-state index in [0.29, 0.717) is 12.8 Å². The summed E-state index contributed by atoms with van der Waals surface area (Å²) in [5.41, 5.74) is -0.153. The first kappa shape index (κ1) is 27.3. The maximum Gasteiger partial charge on any atom is 0.187 e. The Kier molecular flexibility index (Phi) is 10.2. The van der Waals surface area contributed by atoms with Crippen LogP contribution in [0.1, 0.15) is 26.7 Å². The van der Waals surface area contributed by atoms with Gasteiger partial charge in [0.15, 0.2) is 12.6 Å². The molecule has 7 N–H and O–H groups in total. The van der Waals surface area contributed by atoms with Crippen molar-refractivity contribution in [2.75, 3.05) is 19.8 Å². The predicted octanol–water partition coefficient (Wildman–Crippen LogP) is -2.07. The van der Waals surface area contributed by atoms with E-state index in [2.05, 4.69) is 6.58 Å². The van der Waals surface area contributed by atoms with Crippen molar-refractivity contribution in [3.63, 3.8) is 0 Å². The first-order valence-corrected chi connectivity index (χ1v) is 10.6. The zero-order chi connectivity index (χ0) is 24.1. The minimum absolute atomic E-state index is 0.0583. The van der Waals surface area contributed by atoms with Crippen LogP contribution in [0.15, 0.2) is 24.3 Å². The molecule has 0 aromatic rings. The average molecular weight is 465 g/mol. The molecular formula is C21H36O11. The first-order valence-electron chi connectivity index (χ1n) is 10.6. The van der Waals surface area contributed by atoms with Crippen LogP contribution < -0.4 is 0 Å². The van der Waals surface area contributed by atoms with Crippen molar-refractivity contribution in [2.24, 2.45) is 0 Å². The van der Waals surface area contributed by atoms with E-state index in [1.165, 1.54) is 6.08 Å². The highest BCUT2D eigenvalue weighted by Gasteiger charge is 2.47. The van der Waals surface area contributed by atoms with Crippen molar-refractivity contribution in [1.29, 1.82) is 0 Å². The van der Waals surface area contributed by atoms with Gasteiger partial charge in [-0.05, 0) is 26.7 Å². The van der Waals surface area contributed by atoms with E-state index < -0.39 is 60.9 Å². The van der Waals surface area contributed by atoms with Gasteiger partial charge in [0.05, 0.1) is 25.4 Å². The molecule has 2 saturated heterocycles. The third-order valence-corrected chi connectivity index (χ3v) is 5.75. The number of aliphatic hydroxyl groups excluding tert-OH is 7. The number of allylic oxidation sites excluding steroid dienone is 1. The molecule has 0 saturated carbocycles. The highest BCUT2D eigenvalue weighted by atomic mass is 16.7. The van der Waals surface area contributed by atoms with Crippen LogP contribution in [-0.4, -0.2) is 116 Å². The van der Waals surface area contributed by atoms with Gasteiger partial charge < -0.3 is 54.7 Å². The molecule has 0 aliphatic carbocycles. The van der Waals surface area contributed by atoms with Crippen molar-refractivity contribution in [3.05, 3.63) is 24.3 Å². The Bertz CT molecular complexity index is 629. The summed E-state index contributed by atoms with van der Waals surface area (Å²) in [6.45, 7) is 6.59. The highest BCUT2D eigenvalue weighted by Crippen LogP contribution is 2.30. The molecule has 2 aliphatic rings. The number of ether oxygens (including phenoxy) is 4. The number of aliphatic hydroxyl groups is 7. The van der Waals surface area contributed by atoms with Gasteiger partial charge in [-0.2, -0.15) is 0 Å². The fourth-order valence-corrected chi connectivity index (χ4v) is 3.41. The lowest BCUT2D eigenvalue weighted by Crippen LogP contribution is -2.61. The van der Waals surface area contributed by atoms with Crippen LogP contribution in [0.25, 0.3) is 0 Å². The molecule has 0 bridgehead atoms. The van der Waals surface area contributed by atoms with Crippen molar-refractivity contribution in [2.45, 2.75) is 87.6 Å². The van der Waals surface area contributed by atoms with Crippen LogP contribution in [-0.2, 0) is 18.9 Å². The molecule has 0 spiro atoms. The lowest BCUT2D eigenvalue weighted by atomic mass is 9.96. The van der Waals surface area contributed by atoms with E-state index >= 15 is 0 Å². The fraction of sp³-hybridized carbons (Fsp3) is 0.810. The summed E-state index contributed by atoms with van der Waals surface area (Å²) < 4.78 is 22.1. The maximum atomic E-state index is 10.4. The molecule has 32 heavy (non-hydrogen) atoms. The number of hydrogen-bond acceptors (Lipinski definition) is 11. The predicted molar refractivity (Wildman–Crippen MR) is 110 cm³/mol. The molecule has 2 fully saturated rings. The Morgan fingerprint density at radius 2 is 1.69 bits per heavy atom. The van der Waals surface area contributed by atoms with Gasteiger partial charge in [0.2, 0.25) is 0 Å². The van der Waals surface area contributed by atoms with E-state index in [4.69, 9.17) is 24.1 Å². The van der Waals surface area contributed by atoms with Gasteiger partial charge in [0.25, 0.3) is 0 Å². The van der Waals surface area contributed by atoms with Crippen LogP contribution >= 0.6 is 0 Å². The molecular weight excluding hydrogens is 428 g/mol. The minimum Gasteiger partial charge on any atom is -0.392 e. The van der Waals surface area contributed by atoms with Crippen LogP contribution in [0.2, 0.25) is 0 Å². The third kappa shape index (κ3) is 6.78. The van der Waals surface area contributed by atoms with Crippen molar-refractivity contribution < 1.29 is 54.7 Å².